The molecule has 1 atom stereocenters. The minimum Gasteiger partial charge on any atom is -0.493 e. The fraction of sp³-hybridized carbons (Fsp3) is 0.176. The fourth-order valence-electron chi connectivity index (χ4n) is 2.09. The maximum absolute atomic E-state index is 12.3. The predicted molar refractivity (Wildman–Crippen MR) is 103 cm³/mol. The first-order valence-electron chi connectivity index (χ1n) is 7.71. The zero-order valence-electron chi connectivity index (χ0n) is 14.0. The molecule has 3 N–H and O–H groups in total. The fourth-order valence-corrected chi connectivity index (χ4v) is 3.62. The molecule has 1 aromatic carbocycles. The molecule has 1 amide bonds. The highest BCUT2D eigenvalue weighted by Crippen LogP contribution is 2.26. The van der Waals surface area contributed by atoms with E-state index >= 15 is 0 Å². The van der Waals surface area contributed by atoms with Gasteiger partial charge in [-0.05, 0) is 13.8 Å². The second kappa shape index (κ2) is 7.71. The van der Waals surface area contributed by atoms with Gasteiger partial charge in [0.15, 0.2) is 10.3 Å². The van der Waals surface area contributed by atoms with E-state index in [1.165, 1.54) is 16.9 Å². The van der Waals surface area contributed by atoms with E-state index in [2.05, 4.69) is 20.3 Å². The molecule has 26 heavy (non-hydrogen) atoms. The first kappa shape index (κ1) is 18.2. The minimum atomic E-state index is -0.535. The number of carbonyl (C=O) groups is 1. The number of carbonyl (C=O) groups excluding carboxylic acids is 1. The van der Waals surface area contributed by atoms with Crippen molar-refractivity contribution in [3.63, 3.8) is 0 Å². The molecule has 134 valence electrons. The van der Waals surface area contributed by atoms with Crippen molar-refractivity contribution in [3.05, 3.63) is 51.6 Å². The zero-order valence-corrected chi connectivity index (χ0v) is 15.6. The van der Waals surface area contributed by atoms with Crippen LogP contribution < -0.4 is 10.9 Å². The third-order valence-corrected chi connectivity index (χ3v) is 5.19. The van der Waals surface area contributed by atoms with E-state index in [-0.39, 0.29) is 16.9 Å². The normalized spacial score (nSPS) is 11.9. The zero-order chi connectivity index (χ0) is 18.7. The predicted octanol–water partition coefficient (Wildman–Crippen LogP) is 3.03. The number of thiazole rings is 1. The van der Waals surface area contributed by atoms with Crippen molar-refractivity contribution in [1.82, 2.24) is 15.0 Å². The number of H-pyrrole nitrogens is 1. The number of aryl methyl sites for hydroxylation is 1. The number of hydrogen-bond acceptors (Lipinski definition) is 7. The van der Waals surface area contributed by atoms with Gasteiger partial charge in [0.05, 0.1) is 17.0 Å². The maximum atomic E-state index is 12.3. The molecule has 0 saturated carbocycles. The summed E-state index contributed by atoms with van der Waals surface area (Å²) in [5.74, 6) is -0.655. The number of aromatic amines is 1. The first-order valence-corrected chi connectivity index (χ1v) is 9.47. The molecule has 3 aromatic rings. The lowest BCUT2D eigenvalue weighted by molar-refractivity contribution is -0.115. The molecule has 0 saturated heterocycles. The Morgan fingerprint density at radius 1 is 1.31 bits per heavy atom. The van der Waals surface area contributed by atoms with Crippen molar-refractivity contribution >= 4 is 34.1 Å². The van der Waals surface area contributed by atoms with Gasteiger partial charge in [-0.3, -0.25) is 9.59 Å². The number of thioether (sulfide) groups is 1. The summed E-state index contributed by atoms with van der Waals surface area (Å²) in [6, 6.07) is 8.96. The Labute approximate surface area is 157 Å². The van der Waals surface area contributed by atoms with Gasteiger partial charge in [0, 0.05) is 10.9 Å². The first-order chi connectivity index (χ1) is 12.4. The SMILES string of the molecule is Cc1ccc(-c2csc(NC(=O)C(C)Sc3nc(O)cc(=O)[nH]3)n2)cc1. The standard InChI is InChI=1S/C17H16N4O3S2/c1-9-3-5-11(6-4-9)12-8-25-16(18-12)21-15(24)10(2)26-17-19-13(22)7-14(23)20-17/h3-8,10H,1-2H3,(H,18,21,24)(H2,19,20,22,23). The second-order valence-electron chi connectivity index (χ2n) is 5.56. The molecular formula is C17H16N4O3S2. The van der Waals surface area contributed by atoms with E-state index < -0.39 is 10.8 Å². The number of aromatic hydroxyl groups is 1. The lowest BCUT2D eigenvalue weighted by Crippen LogP contribution is -2.23. The maximum Gasteiger partial charge on any atom is 0.255 e. The summed E-state index contributed by atoms with van der Waals surface area (Å²) in [5.41, 5.74) is 2.47. The Bertz CT molecular complexity index is 982. The van der Waals surface area contributed by atoms with Gasteiger partial charge >= 0.3 is 0 Å². The number of nitrogens with one attached hydrogen (secondary N) is 2. The van der Waals surface area contributed by atoms with E-state index in [0.29, 0.717) is 5.13 Å². The average molecular weight is 388 g/mol. The third kappa shape index (κ3) is 4.50. The van der Waals surface area contributed by atoms with Crippen molar-refractivity contribution in [1.29, 1.82) is 0 Å². The second-order valence-corrected chi connectivity index (χ2v) is 7.75. The Kier molecular flexibility index (Phi) is 5.38. The van der Waals surface area contributed by atoms with Crippen LogP contribution >= 0.6 is 23.1 Å². The highest BCUT2D eigenvalue weighted by molar-refractivity contribution is 8.00. The van der Waals surface area contributed by atoms with E-state index in [1.807, 2.05) is 36.6 Å². The van der Waals surface area contributed by atoms with Gasteiger partial charge < -0.3 is 15.4 Å². The highest BCUT2D eigenvalue weighted by Gasteiger charge is 2.18. The molecule has 0 aliphatic rings. The number of aromatic nitrogens is 3. The van der Waals surface area contributed by atoms with Crippen LogP contribution in [0.2, 0.25) is 0 Å². The summed E-state index contributed by atoms with van der Waals surface area (Å²) >= 11 is 2.38. The number of anilines is 1. The number of amides is 1. The molecule has 2 aromatic heterocycles. The summed E-state index contributed by atoms with van der Waals surface area (Å²) in [7, 11) is 0. The van der Waals surface area contributed by atoms with Crippen LogP contribution in [0.5, 0.6) is 5.88 Å². The molecule has 0 spiro atoms. The summed E-state index contributed by atoms with van der Waals surface area (Å²) in [6.45, 7) is 3.70. The molecule has 9 heteroatoms. The molecule has 1 unspecified atom stereocenters. The Morgan fingerprint density at radius 3 is 2.73 bits per heavy atom. The molecule has 2 heterocycles. The average Bonchev–Trinajstić information content (AvgIpc) is 3.03. The van der Waals surface area contributed by atoms with Crippen LogP contribution in [0.25, 0.3) is 11.3 Å². The van der Waals surface area contributed by atoms with Gasteiger partial charge in [-0.2, -0.15) is 4.98 Å². The van der Waals surface area contributed by atoms with Crippen molar-refractivity contribution in [3.8, 4) is 17.1 Å². The van der Waals surface area contributed by atoms with Crippen LogP contribution in [0.3, 0.4) is 0 Å². The topological polar surface area (TPSA) is 108 Å². The summed E-state index contributed by atoms with van der Waals surface area (Å²) in [6.07, 6.45) is 0. The van der Waals surface area contributed by atoms with Crippen molar-refractivity contribution < 1.29 is 9.90 Å². The molecule has 0 fully saturated rings. The monoisotopic (exact) mass is 388 g/mol. The van der Waals surface area contributed by atoms with Crippen molar-refractivity contribution in [2.24, 2.45) is 0 Å². The molecule has 7 nitrogen and oxygen atoms in total. The summed E-state index contributed by atoms with van der Waals surface area (Å²) in [5, 5.41) is 14.1. The summed E-state index contributed by atoms with van der Waals surface area (Å²) < 4.78 is 0. The van der Waals surface area contributed by atoms with E-state index in [4.69, 9.17) is 0 Å². The van der Waals surface area contributed by atoms with Crippen LogP contribution in [0, 0.1) is 6.92 Å². The van der Waals surface area contributed by atoms with Crippen LogP contribution in [-0.4, -0.2) is 31.2 Å². The Hall–Kier alpha value is -2.65. The van der Waals surface area contributed by atoms with Gasteiger partial charge in [-0.25, -0.2) is 4.98 Å². The number of hydrogen-bond donors (Lipinski definition) is 3. The van der Waals surface area contributed by atoms with Gasteiger partial charge in [0.2, 0.25) is 11.8 Å². The van der Waals surface area contributed by atoms with Crippen molar-refractivity contribution in [2.75, 3.05) is 5.32 Å². The van der Waals surface area contributed by atoms with Gasteiger partial charge in [-0.1, -0.05) is 41.6 Å². The molecule has 3 rings (SSSR count). The Morgan fingerprint density at radius 2 is 2.04 bits per heavy atom. The van der Waals surface area contributed by atoms with Crippen LogP contribution in [0.1, 0.15) is 12.5 Å². The van der Waals surface area contributed by atoms with E-state index in [0.717, 1.165) is 29.1 Å². The smallest absolute Gasteiger partial charge is 0.255 e. The van der Waals surface area contributed by atoms with Gasteiger partial charge in [0.1, 0.15) is 0 Å². The number of nitrogens with zero attached hydrogens (tertiary/aromatic N) is 2. The quantitative estimate of drug-likeness (QED) is 0.458. The summed E-state index contributed by atoms with van der Waals surface area (Å²) in [4.78, 5) is 34.4. The minimum absolute atomic E-state index is 0.178. The third-order valence-electron chi connectivity index (χ3n) is 3.45. The van der Waals surface area contributed by atoms with Crippen LogP contribution in [0.4, 0.5) is 5.13 Å². The van der Waals surface area contributed by atoms with Crippen LogP contribution in [-0.2, 0) is 4.79 Å². The number of rotatable bonds is 5. The lowest BCUT2D eigenvalue weighted by atomic mass is 10.1. The largest absolute Gasteiger partial charge is 0.493 e. The van der Waals surface area contributed by atoms with E-state index in [9.17, 15) is 14.7 Å². The van der Waals surface area contributed by atoms with E-state index in [1.54, 1.807) is 6.92 Å². The molecule has 0 bridgehead atoms. The molecular weight excluding hydrogens is 372 g/mol. The lowest BCUT2D eigenvalue weighted by Gasteiger charge is -2.09. The van der Waals surface area contributed by atoms with Gasteiger partial charge in [0.25, 0.3) is 5.56 Å². The number of benzene rings is 1. The Balaban J connectivity index is 1.66. The van der Waals surface area contributed by atoms with Crippen molar-refractivity contribution in [2.45, 2.75) is 24.3 Å². The molecule has 0 aliphatic heterocycles. The highest BCUT2D eigenvalue weighted by atomic mass is 32.2. The molecule has 0 radical (unpaired) electrons. The molecule has 0 aliphatic carbocycles. The van der Waals surface area contributed by atoms with Gasteiger partial charge in [-0.15, -0.1) is 11.3 Å². The van der Waals surface area contributed by atoms with Crippen LogP contribution in [0.15, 0.2) is 45.7 Å².